The summed E-state index contributed by atoms with van der Waals surface area (Å²) in [5.74, 6) is -0.172. The zero-order valence-corrected chi connectivity index (χ0v) is 15.4. The molecule has 0 saturated heterocycles. The minimum Gasteiger partial charge on any atom is -0.385 e. The summed E-state index contributed by atoms with van der Waals surface area (Å²) in [7, 11) is 0. The lowest BCUT2D eigenvalue weighted by molar-refractivity contribution is 0.0396. The molecule has 2 unspecified atom stereocenters. The zero-order valence-electron chi connectivity index (χ0n) is 14.7. The van der Waals surface area contributed by atoms with Crippen LogP contribution in [0.3, 0.4) is 0 Å². The quantitative estimate of drug-likeness (QED) is 0.634. The second-order valence-corrected chi connectivity index (χ2v) is 7.78. The molecule has 3 N–H and O–H groups in total. The fourth-order valence-electron chi connectivity index (χ4n) is 4.03. The largest absolute Gasteiger partial charge is 0.385 e. The van der Waals surface area contributed by atoms with Crippen molar-refractivity contribution in [3.05, 3.63) is 70.1 Å². The number of benzene rings is 2. The van der Waals surface area contributed by atoms with Crippen LogP contribution in [0.4, 0.5) is 4.39 Å². The van der Waals surface area contributed by atoms with Crippen molar-refractivity contribution >= 4 is 22.5 Å². The molecule has 0 spiro atoms. The molecular weight excluding hydrogens is 351 g/mol. The molecular formula is C21H22ClFN2O. The average Bonchev–Trinajstić information content (AvgIpc) is 2.84. The topological polar surface area (TPSA) is 48.0 Å². The average molecular weight is 373 g/mol. The Morgan fingerprint density at radius 1 is 1.23 bits per heavy atom. The first kappa shape index (κ1) is 17.5. The molecule has 1 aliphatic heterocycles. The first-order valence-electron chi connectivity index (χ1n) is 8.93. The van der Waals surface area contributed by atoms with E-state index in [4.69, 9.17) is 11.6 Å². The fraction of sp³-hybridized carbons (Fsp3) is 0.333. The van der Waals surface area contributed by atoms with E-state index in [9.17, 15) is 9.50 Å². The van der Waals surface area contributed by atoms with Crippen molar-refractivity contribution in [2.24, 2.45) is 0 Å². The summed E-state index contributed by atoms with van der Waals surface area (Å²) in [5.41, 5.74) is 3.19. The van der Waals surface area contributed by atoms with Crippen LogP contribution in [0.1, 0.15) is 36.1 Å². The number of H-pyrrole nitrogens is 1. The molecule has 4 rings (SSSR count). The Labute approximate surface area is 157 Å². The van der Waals surface area contributed by atoms with Crippen molar-refractivity contribution in [3.8, 4) is 0 Å². The van der Waals surface area contributed by atoms with E-state index >= 15 is 0 Å². The lowest BCUT2D eigenvalue weighted by Crippen LogP contribution is -2.29. The van der Waals surface area contributed by atoms with E-state index in [1.165, 1.54) is 17.7 Å². The van der Waals surface area contributed by atoms with E-state index in [0.29, 0.717) is 6.42 Å². The Morgan fingerprint density at radius 3 is 2.77 bits per heavy atom. The van der Waals surface area contributed by atoms with Gasteiger partial charge in [0.1, 0.15) is 5.82 Å². The number of rotatable bonds is 3. The Bertz CT molecular complexity index is 933. The van der Waals surface area contributed by atoms with E-state index in [-0.39, 0.29) is 11.7 Å². The first-order chi connectivity index (χ1) is 12.4. The van der Waals surface area contributed by atoms with Gasteiger partial charge in [0.05, 0.1) is 5.60 Å². The normalized spacial score (nSPS) is 19.8. The number of fused-ring (bicyclic) bond motifs is 3. The summed E-state index contributed by atoms with van der Waals surface area (Å²) in [6.45, 7) is 3.47. The number of nitrogens with one attached hydrogen (secondary N) is 2. The van der Waals surface area contributed by atoms with Gasteiger partial charge in [-0.15, -0.1) is 0 Å². The standard InChI is InChI=1S/C21H22ClFN2O/c1-21(26,14-2-5-16(23)6-3-14)11-13-12-24-9-8-17-18-10-15(22)4-7-19(18)25-20(13)17/h2-7,10,13,24-26H,8-9,11-12H2,1H3. The molecule has 136 valence electrons. The summed E-state index contributed by atoms with van der Waals surface area (Å²) >= 11 is 6.19. The Balaban J connectivity index is 1.71. The van der Waals surface area contributed by atoms with Crippen LogP contribution in [-0.4, -0.2) is 23.2 Å². The van der Waals surface area contributed by atoms with E-state index in [1.807, 2.05) is 18.2 Å². The van der Waals surface area contributed by atoms with Gasteiger partial charge in [0.15, 0.2) is 0 Å². The molecule has 0 fully saturated rings. The molecule has 0 radical (unpaired) electrons. The number of aromatic amines is 1. The number of hydrogen-bond donors (Lipinski definition) is 3. The van der Waals surface area contributed by atoms with Crippen molar-refractivity contribution in [1.82, 2.24) is 10.3 Å². The highest BCUT2D eigenvalue weighted by Gasteiger charge is 2.31. The number of halogens is 2. The van der Waals surface area contributed by atoms with Crippen molar-refractivity contribution in [1.29, 1.82) is 0 Å². The van der Waals surface area contributed by atoms with Gasteiger partial charge in [-0.2, -0.15) is 0 Å². The molecule has 0 saturated carbocycles. The monoisotopic (exact) mass is 372 g/mol. The third kappa shape index (κ3) is 3.25. The van der Waals surface area contributed by atoms with Gasteiger partial charge < -0.3 is 15.4 Å². The molecule has 0 aliphatic carbocycles. The van der Waals surface area contributed by atoms with Crippen molar-refractivity contribution in [3.63, 3.8) is 0 Å². The minimum atomic E-state index is -1.05. The Morgan fingerprint density at radius 2 is 2.00 bits per heavy atom. The molecule has 2 atom stereocenters. The van der Waals surface area contributed by atoms with Crippen LogP contribution in [0, 0.1) is 5.82 Å². The van der Waals surface area contributed by atoms with E-state index < -0.39 is 5.60 Å². The Kier molecular flexibility index (Phi) is 4.51. The van der Waals surface area contributed by atoms with Gasteiger partial charge in [0.25, 0.3) is 0 Å². The van der Waals surface area contributed by atoms with E-state index in [1.54, 1.807) is 19.1 Å². The summed E-state index contributed by atoms with van der Waals surface area (Å²) < 4.78 is 13.2. The predicted molar refractivity (Wildman–Crippen MR) is 103 cm³/mol. The van der Waals surface area contributed by atoms with Gasteiger partial charge >= 0.3 is 0 Å². The SMILES string of the molecule is CC(O)(CC1CNCCc2c1[nH]c1ccc(Cl)cc21)c1ccc(F)cc1. The van der Waals surface area contributed by atoms with Crippen LogP contribution in [0.5, 0.6) is 0 Å². The third-order valence-electron chi connectivity index (χ3n) is 5.36. The van der Waals surface area contributed by atoms with Crippen LogP contribution >= 0.6 is 11.6 Å². The molecule has 5 heteroatoms. The number of aliphatic hydroxyl groups is 1. The van der Waals surface area contributed by atoms with Gasteiger partial charge in [-0.1, -0.05) is 23.7 Å². The summed E-state index contributed by atoms with van der Waals surface area (Å²) in [6, 6.07) is 12.0. The number of aromatic nitrogens is 1. The smallest absolute Gasteiger partial charge is 0.123 e. The molecule has 26 heavy (non-hydrogen) atoms. The summed E-state index contributed by atoms with van der Waals surface area (Å²) in [6.07, 6.45) is 1.46. The molecule has 1 aliphatic rings. The predicted octanol–water partition coefficient (Wildman–Crippen LogP) is 4.49. The maximum absolute atomic E-state index is 13.2. The third-order valence-corrected chi connectivity index (χ3v) is 5.60. The van der Waals surface area contributed by atoms with Crippen molar-refractivity contribution in [2.75, 3.05) is 13.1 Å². The van der Waals surface area contributed by atoms with Crippen molar-refractivity contribution in [2.45, 2.75) is 31.3 Å². The highest BCUT2D eigenvalue weighted by Crippen LogP contribution is 2.38. The van der Waals surface area contributed by atoms with Crippen LogP contribution in [0.25, 0.3) is 10.9 Å². The van der Waals surface area contributed by atoms with Crippen LogP contribution in [-0.2, 0) is 12.0 Å². The van der Waals surface area contributed by atoms with Gasteiger partial charge in [-0.05, 0) is 67.8 Å². The lowest BCUT2D eigenvalue weighted by Gasteiger charge is -2.29. The van der Waals surface area contributed by atoms with Crippen molar-refractivity contribution < 1.29 is 9.50 Å². The maximum atomic E-state index is 13.2. The van der Waals surface area contributed by atoms with Crippen LogP contribution in [0.2, 0.25) is 5.02 Å². The molecule has 2 heterocycles. The summed E-state index contributed by atoms with van der Waals surface area (Å²) in [5, 5.41) is 16.4. The first-order valence-corrected chi connectivity index (χ1v) is 9.31. The zero-order chi connectivity index (χ0) is 18.3. The highest BCUT2D eigenvalue weighted by molar-refractivity contribution is 6.31. The van der Waals surface area contributed by atoms with Gasteiger partial charge in [0, 0.05) is 34.1 Å². The second kappa shape index (κ2) is 6.69. The second-order valence-electron chi connectivity index (χ2n) is 7.34. The van der Waals surface area contributed by atoms with E-state index in [0.717, 1.165) is 46.7 Å². The maximum Gasteiger partial charge on any atom is 0.123 e. The van der Waals surface area contributed by atoms with Gasteiger partial charge in [-0.25, -0.2) is 4.39 Å². The Hall–Kier alpha value is -1.88. The minimum absolute atomic E-state index is 0.124. The molecule has 2 aromatic carbocycles. The molecule has 1 aromatic heterocycles. The molecule has 3 aromatic rings. The molecule has 0 amide bonds. The highest BCUT2D eigenvalue weighted by atomic mass is 35.5. The number of hydrogen-bond acceptors (Lipinski definition) is 2. The van der Waals surface area contributed by atoms with Crippen LogP contribution in [0.15, 0.2) is 42.5 Å². The molecule has 3 nitrogen and oxygen atoms in total. The molecule has 0 bridgehead atoms. The fourth-order valence-corrected chi connectivity index (χ4v) is 4.20. The van der Waals surface area contributed by atoms with Crippen LogP contribution < -0.4 is 5.32 Å². The summed E-state index contributed by atoms with van der Waals surface area (Å²) in [4.78, 5) is 3.55. The van der Waals surface area contributed by atoms with Gasteiger partial charge in [0.2, 0.25) is 0 Å². The van der Waals surface area contributed by atoms with E-state index in [2.05, 4.69) is 10.3 Å². The van der Waals surface area contributed by atoms with Gasteiger partial charge in [-0.3, -0.25) is 0 Å². The lowest BCUT2D eigenvalue weighted by atomic mass is 9.83.